The van der Waals surface area contributed by atoms with Crippen molar-refractivity contribution in [2.45, 2.75) is 6.54 Å². The lowest BCUT2D eigenvalue weighted by Crippen LogP contribution is -2.25. The molecule has 0 heterocycles. The highest BCUT2D eigenvalue weighted by Crippen LogP contribution is 2.18. The van der Waals surface area contributed by atoms with Crippen molar-refractivity contribution in [3.05, 3.63) is 29.6 Å². The summed E-state index contributed by atoms with van der Waals surface area (Å²) in [5, 5.41) is 6.04. The van der Waals surface area contributed by atoms with Gasteiger partial charge in [0.25, 0.3) is 0 Å². The van der Waals surface area contributed by atoms with Gasteiger partial charge in [-0.2, -0.15) is 0 Å². The quantitative estimate of drug-likeness (QED) is 0.549. The van der Waals surface area contributed by atoms with E-state index in [1.807, 2.05) is 7.05 Å². The molecule has 0 amide bonds. The average molecular weight is 198 g/mol. The van der Waals surface area contributed by atoms with E-state index in [0.29, 0.717) is 19.0 Å². The highest BCUT2D eigenvalue weighted by Gasteiger charge is 2.03. The van der Waals surface area contributed by atoms with Crippen molar-refractivity contribution in [2.24, 2.45) is 0 Å². The first-order valence-corrected chi connectivity index (χ1v) is 4.45. The molecule has 0 atom stereocenters. The number of rotatable bonds is 5. The molecule has 0 aliphatic carbocycles. The molecule has 0 saturated heterocycles. The minimum Gasteiger partial charge on any atom is -0.496 e. The fourth-order valence-corrected chi connectivity index (χ4v) is 1.21. The van der Waals surface area contributed by atoms with Gasteiger partial charge in [-0.1, -0.05) is 0 Å². The molecule has 0 fully saturated rings. The van der Waals surface area contributed by atoms with Crippen LogP contribution in [0.25, 0.3) is 0 Å². The van der Waals surface area contributed by atoms with Gasteiger partial charge in [0.05, 0.1) is 7.11 Å². The maximum Gasteiger partial charge on any atom is 0.123 e. The van der Waals surface area contributed by atoms with E-state index in [1.165, 1.54) is 12.1 Å². The average Bonchev–Trinajstić information content (AvgIpc) is 2.19. The molecule has 78 valence electrons. The van der Waals surface area contributed by atoms with Crippen molar-refractivity contribution in [3.63, 3.8) is 0 Å². The number of nitrogens with one attached hydrogen (secondary N) is 2. The molecule has 0 bridgehead atoms. The van der Waals surface area contributed by atoms with Gasteiger partial charge in [0, 0.05) is 18.8 Å². The molecule has 0 aliphatic heterocycles. The zero-order valence-corrected chi connectivity index (χ0v) is 8.43. The molecule has 1 aromatic rings. The minimum absolute atomic E-state index is 0.243. The Labute approximate surface area is 83.3 Å². The molecule has 0 radical (unpaired) electrons. The van der Waals surface area contributed by atoms with Gasteiger partial charge < -0.3 is 15.4 Å². The first kappa shape index (κ1) is 10.9. The van der Waals surface area contributed by atoms with Crippen molar-refractivity contribution >= 4 is 0 Å². The standard InChI is InChI=1S/C10H15FN2O/c1-12-7-13-6-8-5-9(11)3-4-10(8)14-2/h3-5,12-13H,6-7H2,1-2H3. The van der Waals surface area contributed by atoms with E-state index in [-0.39, 0.29) is 5.82 Å². The summed E-state index contributed by atoms with van der Waals surface area (Å²) in [7, 11) is 3.42. The highest BCUT2D eigenvalue weighted by molar-refractivity contribution is 5.33. The second-order valence-corrected chi connectivity index (χ2v) is 2.91. The molecule has 3 nitrogen and oxygen atoms in total. The summed E-state index contributed by atoms with van der Waals surface area (Å²) in [5.41, 5.74) is 0.822. The highest BCUT2D eigenvalue weighted by atomic mass is 19.1. The third-order valence-corrected chi connectivity index (χ3v) is 1.86. The van der Waals surface area contributed by atoms with Crippen molar-refractivity contribution < 1.29 is 9.13 Å². The lowest BCUT2D eigenvalue weighted by molar-refractivity contribution is 0.406. The van der Waals surface area contributed by atoms with Gasteiger partial charge in [0.15, 0.2) is 0 Å². The summed E-state index contributed by atoms with van der Waals surface area (Å²) in [5.74, 6) is 0.460. The molecule has 1 aromatic carbocycles. The fourth-order valence-electron chi connectivity index (χ4n) is 1.21. The Morgan fingerprint density at radius 3 is 2.86 bits per heavy atom. The van der Waals surface area contributed by atoms with Gasteiger partial charge in [-0.05, 0) is 25.2 Å². The zero-order valence-electron chi connectivity index (χ0n) is 8.43. The lowest BCUT2D eigenvalue weighted by Gasteiger charge is -2.09. The molecule has 0 unspecified atom stereocenters. The molecule has 2 N–H and O–H groups in total. The van der Waals surface area contributed by atoms with Gasteiger partial charge in [0.2, 0.25) is 0 Å². The molecule has 0 saturated carbocycles. The summed E-state index contributed by atoms with van der Waals surface area (Å²) in [4.78, 5) is 0. The van der Waals surface area contributed by atoms with E-state index < -0.39 is 0 Å². The van der Waals surface area contributed by atoms with Gasteiger partial charge in [-0.15, -0.1) is 0 Å². The number of benzene rings is 1. The van der Waals surface area contributed by atoms with Crippen LogP contribution in [0.5, 0.6) is 5.75 Å². The van der Waals surface area contributed by atoms with Crippen molar-refractivity contribution in [1.29, 1.82) is 0 Å². The van der Waals surface area contributed by atoms with E-state index in [4.69, 9.17) is 4.74 Å². The molecular weight excluding hydrogens is 183 g/mol. The predicted octanol–water partition coefficient (Wildman–Crippen LogP) is 1.10. The molecular formula is C10H15FN2O. The molecule has 0 aliphatic rings. The maximum absolute atomic E-state index is 12.9. The Balaban J connectivity index is 2.67. The van der Waals surface area contributed by atoms with Crippen LogP contribution >= 0.6 is 0 Å². The van der Waals surface area contributed by atoms with Gasteiger partial charge in [0.1, 0.15) is 11.6 Å². The largest absolute Gasteiger partial charge is 0.496 e. The third-order valence-electron chi connectivity index (χ3n) is 1.86. The lowest BCUT2D eigenvalue weighted by atomic mass is 10.2. The van der Waals surface area contributed by atoms with Crippen LogP contribution in [-0.4, -0.2) is 20.8 Å². The molecule has 14 heavy (non-hydrogen) atoms. The number of hydrogen-bond acceptors (Lipinski definition) is 3. The van der Waals surface area contributed by atoms with Crippen LogP contribution in [-0.2, 0) is 6.54 Å². The normalized spacial score (nSPS) is 10.2. The van der Waals surface area contributed by atoms with E-state index in [1.54, 1.807) is 13.2 Å². The summed E-state index contributed by atoms with van der Waals surface area (Å²) < 4.78 is 18.0. The predicted molar refractivity (Wildman–Crippen MR) is 53.7 cm³/mol. The Kier molecular flexibility index (Phi) is 4.35. The van der Waals surface area contributed by atoms with Crippen LogP contribution in [0.3, 0.4) is 0 Å². The molecule has 4 heteroatoms. The summed E-state index contributed by atoms with van der Waals surface area (Å²) in [6.07, 6.45) is 0. The van der Waals surface area contributed by atoms with Crippen LogP contribution < -0.4 is 15.4 Å². The Morgan fingerprint density at radius 1 is 1.43 bits per heavy atom. The first-order chi connectivity index (χ1) is 6.77. The van der Waals surface area contributed by atoms with Crippen LogP contribution in [0.1, 0.15) is 5.56 Å². The fraction of sp³-hybridized carbons (Fsp3) is 0.400. The topological polar surface area (TPSA) is 33.3 Å². The van der Waals surface area contributed by atoms with Gasteiger partial charge >= 0.3 is 0 Å². The van der Waals surface area contributed by atoms with Crippen molar-refractivity contribution in [3.8, 4) is 5.75 Å². The van der Waals surface area contributed by atoms with Crippen LogP contribution in [0, 0.1) is 5.82 Å². The van der Waals surface area contributed by atoms with Crippen LogP contribution in [0.4, 0.5) is 4.39 Å². The smallest absolute Gasteiger partial charge is 0.123 e. The zero-order chi connectivity index (χ0) is 10.4. The summed E-state index contributed by atoms with van der Waals surface area (Å²) in [6, 6.07) is 4.49. The molecule has 0 aromatic heterocycles. The minimum atomic E-state index is -0.243. The number of hydrogen-bond donors (Lipinski definition) is 2. The first-order valence-electron chi connectivity index (χ1n) is 4.45. The number of ether oxygens (including phenoxy) is 1. The monoisotopic (exact) mass is 198 g/mol. The Morgan fingerprint density at radius 2 is 2.21 bits per heavy atom. The molecule has 0 spiro atoms. The van der Waals surface area contributed by atoms with E-state index in [2.05, 4.69) is 10.6 Å². The SMILES string of the molecule is CNCNCc1cc(F)ccc1OC. The van der Waals surface area contributed by atoms with Crippen LogP contribution in [0.2, 0.25) is 0 Å². The van der Waals surface area contributed by atoms with E-state index in [9.17, 15) is 4.39 Å². The Hall–Kier alpha value is -1.13. The summed E-state index contributed by atoms with van der Waals surface area (Å²) >= 11 is 0. The van der Waals surface area contributed by atoms with Crippen LogP contribution in [0.15, 0.2) is 18.2 Å². The third kappa shape index (κ3) is 2.97. The van der Waals surface area contributed by atoms with Gasteiger partial charge in [-0.3, -0.25) is 0 Å². The van der Waals surface area contributed by atoms with Crippen molar-refractivity contribution in [1.82, 2.24) is 10.6 Å². The maximum atomic E-state index is 12.9. The van der Waals surface area contributed by atoms with E-state index >= 15 is 0 Å². The van der Waals surface area contributed by atoms with Gasteiger partial charge in [-0.25, -0.2) is 4.39 Å². The second-order valence-electron chi connectivity index (χ2n) is 2.91. The second kappa shape index (κ2) is 5.57. The number of halogens is 1. The molecule has 1 rings (SSSR count). The van der Waals surface area contributed by atoms with Crippen molar-refractivity contribution in [2.75, 3.05) is 20.8 Å². The summed E-state index contributed by atoms with van der Waals surface area (Å²) in [6.45, 7) is 1.27. The van der Waals surface area contributed by atoms with E-state index in [0.717, 1.165) is 5.56 Å². The number of methoxy groups -OCH3 is 1. The Bertz CT molecular complexity index is 291.